The van der Waals surface area contributed by atoms with Crippen LogP contribution in [-0.2, 0) is 9.53 Å². The number of rotatable bonds is 2. The van der Waals surface area contributed by atoms with Gasteiger partial charge >= 0.3 is 0 Å². The zero-order valence-electron chi connectivity index (χ0n) is 10.9. The van der Waals surface area contributed by atoms with Crippen molar-refractivity contribution in [1.29, 1.82) is 0 Å². The highest BCUT2D eigenvalue weighted by molar-refractivity contribution is 5.94. The van der Waals surface area contributed by atoms with Crippen LogP contribution in [0, 0.1) is 17.7 Å². The molecule has 0 bridgehead atoms. The SMILES string of the molecule is COCC#CC(=O)N1CCCC1c1ccccc1F. The van der Waals surface area contributed by atoms with E-state index in [4.69, 9.17) is 4.74 Å². The van der Waals surface area contributed by atoms with Crippen molar-refractivity contribution in [2.45, 2.75) is 18.9 Å². The molecule has 1 aromatic rings. The number of methoxy groups -OCH3 is 1. The van der Waals surface area contributed by atoms with Crippen LogP contribution in [0.5, 0.6) is 0 Å². The van der Waals surface area contributed by atoms with Gasteiger partial charge in [-0.2, -0.15) is 0 Å². The van der Waals surface area contributed by atoms with Crippen LogP contribution in [0.3, 0.4) is 0 Å². The molecule has 1 saturated heterocycles. The Bertz CT molecular complexity index is 518. The minimum absolute atomic E-state index is 0.203. The second-order valence-electron chi connectivity index (χ2n) is 4.41. The molecule has 100 valence electrons. The Hall–Kier alpha value is -1.86. The number of carbonyl (C=O) groups excluding carboxylic acids is 1. The van der Waals surface area contributed by atoms with Gasteiger partial charge < -0.3 is 9.64 Å². The summed E-state index contributed by atoms with van der Waals surface area (Å²) in [5.41, 5.74) is 0.571. The van der Waals surface area contributed by atoms with E-state index in [1.165, 1.54) is 13.2 Å². The Labute approximate surface area is 112 Å². The molecule has 1 aliphatic heterocycles. The van der Waals surface area contributed by atoms with E-state index in [0.717, 1.165) is 12.8 Å². The Balaban J connectivity index is 2.16. The van der Waals surface area contributed by atoms with Crippen molar-refractivity contribution < 1.29 is 13.9 Å². The lowest BCUT2D eigenvalue weighted by atomic mass is 10.0. The van der Waals surface area contributed by atoms with E-state index in [2.05, 4.69) is 11.8 Å². The summed E-state index contributed by atoms with van der Waals surface area (Å²) in [5.74, 6) is 4.65. The number of hydrogen-bond acceptors (Lipinski definition) is 2. The molecule has 19 heavy (non-hydrogen) atoms. The summed E-state index contributed by atoms with van der Waals surface area (Å²) in [7, 11) is 1.52. The molecule has 0 spiro atoms. The minimum atomic E-state index is -0.267. The van der Waals surface area contributed by atoms with Gasteiger partial charge in [0, 0.05) is 19.2 Å². The van der Waals surface area contributed by atoms with Crippen LogP contribution in [0.2, 0.25) is 0 Å². The molecular formula is C15H16FNO2. The van der Waals surface area contributed by atoms with E-state index in [9.17, 15) is 9.18 Å². The zero-order valence-corrected chi connectivity index (χ0v) is 10.9. The first kappa shape index (κ1) is 13.6. The maximum Gasteiger partial charge on any atom is 0.299 e. The average molecular weight is 261 g/mol. The molecule has 0 saturated carbocycles. The fourth-order valence-electron chi connectivity index (χ4n) is 2.33. The highest BCUT2D eigenvalue weighted by Gasteiger charge is 2.30. The maximum absolute atomic E-state index is 13.8. The summed E-state index contributed by atoms with van der Waals surface area (Å²) in [6, 6.07) is 6.39. The molecule has 1 aliphatic rings. The minimum Gasteiger partial charge on any atom is -0.372 e. The molecule has 1 fully saturated rings. The third kappa shape index (κ3) is 3.12. The van der Waals surface area contributed by atoms with Gasteiger partial charge in [-0.05, 0) is 24.8 Å². The number of benzene rings is 1. The molecule has 1 aromatic carbocycles. The van der Waals surface area contributed by atoms with Crippen LogP contribution in [0.4, 0.5) is 4.39 Å². The van der Waals surface area contributed by atoms with E-state index >= 15 is 0 Å². The standard InChI is InChI=1S/C15H16FNO2/c1-19-11-5-9-15(18)17-10-4-8-14(17)12-6-2-3-7-13(12)16/h2-3,6-7,14H,4,8,10-11H2,1H3. The smallest absolute Gasteiger partial charge is 0.299 e. The van der Waals surface area contributed by atoms with Crippen LogP contribution in [0.15, 0.2) is 24.3 Å². The van der Waals surface area contributed by atoms with Gasteiger partial charge in [-0.3, -0.25) is 4.79 Å². The van der Waals surface area contributed by atoms with Gasteiger partial charge in [-0.1, -0.05) is 24.1 Å². The summed E-state index contributed by atoms with van der Waals surface area (Å²) in [6.45, 7) is 0.851. The Morgan fingerprint density at radius 1 is 1.53 bits per heavy atom. The van der Waals surface area contributed by atoms with Gasteiger partial charge in [0.05, 0.1) is 6.04 Å². The summed E-state index contributed by atoms with van der Waals surface area (Å²) in [6.07, 6.45) is 1.65. The number of likely N-dealkylation sites (tertiary alicyclic amines) is 1. The molecule has 3 nitrogen and oxygen atoms in total. The summed E-state index contributed by atoms with van der Waals surface area (Å²) in [5, 5.41) is 0. The monoisotopic (exact) mass is 261 g/mol. The fourth-order valence-corrected chi connectivity index (χ4v) is 2.33. The van der Waals surface area contributed by atoms with Gasteiger partial charge in [0.25, 0.3) is 5.91 Å². The van der Waals surface area contributed by atoms with Crippen molar-refractivity contribution in [3.63, 3.8) is 0 Å². The topological polar surface area (TPSA) is 29.5 Å². The lowest BCUT2D eigenvalue weighted by Gasteiger charge is -2.23. The van der Waals surface area contributed by atoms with E-state index in [1.54, 1.807) is 23.1 Å². The predicted molar refractivity (Wildman–Crippen MR) is 69.7 cm³/mol. The first-order valence-electron chi connectivity index (χ1n) is 6.27. The highest BCUT2D eigenvalue weighted by Crippen LogP contribution is 2.33. The molecule has 1 atom stereocenters. The number of halogens is 1. The van der Waals surface area contributed by atoms with Crippen LogP contribution in [-0.4, -0.2) is 31.1 Å². The van der Waals surface area contributed by atoms with E-state index in [-0.39, 0.29) is 24.4 Å². The largest absolute Gasteiger partial charge is 0.372 e. The normalized spacial score (nSPS) is 18.0. The lowest BCUT2D eigenvalue weighted by molar-refractivity contribution is -0.126. The summed E-state index contributed by atoms with van der Waals surface area (Å²) in [4.78, 5) is 13.6. The van der Waals surface area contributed by atoms with Crippen LogP contribution >= 0.6 is 0 Å². The molecule has 1 heterocycles. The van der Waals surface area contributed by atoms with Crippen molar-refractivity contribution in [1.82, 2.24) is 4.90 Å². The van der Waals surface area contributed by atoms with Crippen molar-refractivity contribution in [3.05, 3.63) is 35.6 Å². The Kier molecular flexibility index (Phi) is 4.53. The van der Waals surface area contributed by atoms with Crippen LogP contribution in [0.1, 0.15) is 24.4 Å². The molecule has 1 unspecified atom stereocenters. The molecule has 0 radical (unpaired) electrons. The van der Waals surface area contributed by atoms with E-state index in [1.807, 2.05) is 0 Å². The number of carbonyl (C=O) groups is 1. The van der Waals surface area contributed by atoms with Gasteiger partial charge in [0.2, 0.25) is 0 Å². The summed E-state index contributed by atoms with van der Waals surface area (Å²) >= 11 is 0. The number of hydrogen-bond donors (Lipinski definition) is 0. The molecular weight excluding hydrogens is 245 g/mol. The van der Waals surface area contributed by atoms with Crippen molar-refractivity contribution in [2.24, 2.45) is 0 Å². The number of ether oxygens (including phenoxy) is 1. The van der Waals surface area contributed by atoms with Gasteiger partial charge in [-0.15, -0.1) is 0 Å². The molecule has 2 rings (SSSR count). The number of amides is 1. The quantitative estimate of drug-likeness (QED) is 0.763. The summed E-state index contributed by atoms with van der Waals surface area (Å²) < 4.78 is 18.6. The lowest BCUT2D eigenvalue weighted by Crippen LogP contribution is -2.29. The van der Waals surface area contributed by atoms with Gasteiger partial charge in [-0.25, -0.2) is 4.39 Å². The van der Waals surface area contributed by atoms with E-state index in [0.29, 0.717) is 12.1 Å². The highest BCUT2D eigenvalue weighted by atomic mass is 19.1. The first-order valence-corrected chi connectivity index (χ1v) is 6.27. The molecule has 0 aliphatic carbocycles. The van der Waals surface area contributed by atoms with Crippen molar-refractivity contribution >= 4 is 5.91 Å². The van der Waals surface area contributed by atoms with Crippen LogP contribution < -0.4 is 0 Å². The second kappa shape index (κ2) is 6.35. The third-order valence-electron chi connectivity index (χ3n) is 3.19. The third-order valence-corrected chi connectivity index (χ3v) is 3.19. The predicted octanol–water partition coefficient (Wildman–Crippen LogP) is 2.14. The van der Waals surface area contributed by atoms with Gasteiger partial charge in [0.1, 0.15) is 12.4 Å². The van der Waals surface area contributed by atoms with Crippen LogP contribution in [0.25, 0.3) is 0 Å². The molecule has 1 amide bonds. The molecule has 0 N–H and O–H groups in total. The first-order chi connectivity index (χ1) is 9.24. The second-order valence-corrected chi connectivity index (χ2v) is 4.41. The van der Waals surface area contributed by atoms with Crippen molar-refractivity contribution in [2.75, 3.05) is 20.3 Å². The van der Waals surface area contributed by atoms with Crippen molar-refractivity contribution in [3.8, 4) is 11.8 Å². The average Bonchev–Trinajstić information content (AvgIpc) is 2.88. The number of nitrogens with zero attached hydrogens (tertiary/aromatic N) is 1. The zero-order chi connectivity index (χ0) is 13.7. The Morgan fingerprint density at radius 2 is 2.32 bits per heavy atom. The van der Waals surface area contributed by atoms with E-state index < -0.39 is 0 Å². The molecule has 0 aromatic heterocycles. The fraction of sp³-hybridized carbons (Fsp3) is 0.400. The Morgan fingerprint density at radius 3 is 3.05 bits per heavy atom. The van der Waals surface area contributed by atoms with Gasteiger partial charge in [0.15, 0.2) is 0 Å². The molecule has 4 heteroatoms. The maximum atomic E-state index is 13.8.